The summed E-state index contributed by atoms with van der Waals surface area (Å²) in [6.07, 6.45) is 3.99. The first-order chi connectivity index (χ1) is 6.69. The molecular formula is C10H17N3O. The van der Waals surface area contributed by atoms with Crippen LogP contribution in [0.3, 0.4) is 0 Å². The van der Waals surface area contributed by atoms with Gasteiger partial charge >= 0.3 is 0 Å². The van der Waals surface area contributed by atoms with Gasteiger partial charge in [-0.3, -0.25) is 4.79 Å². The molecule has 4 heteroatoms. The standard InChI is InChI=1S/C10H17N3O/c1-3-13-5-4-12-10(13)6-9(14)8(2)7-11/h4-5,8H,3,6-7,11H2,1-2H3. The van der Waals surface area contributed by atoms with Gasteiger partial charge in [0, 0.05) is 31.4 Å². The molecule has 1 aromatic heterocycles. The van der Waals surface area contributed by atoms with Crippen molar-refractivity contribution >= 4 is 5.78 Å². The van der Waals surface area contributed by atoms with Crippen molar-refractivity contribution in [3.05, 3.63) is 18.2 Å². The first-order valence-corrected chi connectivity index (χ1v) is 4.91. The Labute approximate surface area is 84.1 Å². The average Bonchev–Trinajstić information content (AvgIpc) is 2.63. The summed E-state index contributed by atoms with van der Waals surface area (Å²) in [4.78, 5) is 15.7. The molecule has 0 bridgehead atoms. The van der Waals surface area contributed by atoms with Crippen molar-refractivity contribution in [2.24, 2.45) is 11.7 Å². The Morgan fingerprint density at radius 2 is 2.43 bits per heavy atom. The van der Waals surface area contributed by atoms with Crippen LogP contribution in [-0.2, 0) is 17.8 Å². The highest BCUT2D eigenvalue weighted by Gasteiger charge is 2.14. The van der Waals surface area contributed by atoms with Crippen LogP contribution in [0, 0.1) is 5.92 Å². The molecule has 2 N–H and O–H groups in total. The van der Waals surface area contributed by atoms with Crippen molar-refractivity contribution in [2.75, 3.05) is 6.54 Å². The smallest absolute Gasteiger partial charge is 0.144 e. The lowest BCUT2D eigenvalue weighted by atomic mass is 10.0. The summed E-state index contributed by atoms with van der Waals surface area (Å²) in [6, 6.07) is 0. The van der Waals surface area contributed by atoms with Crippen molar-refractivity contribution in [1.82, 2.24) is 9.55 Å². The van der Waals surface area contributed by atoms with E-state index in [2.05, 4.69) is 4.98 Å². The predicted octanol–water partition coefficient (Wildman–Crippen LogP) is 0.609. The molecule has 1 atom stereocenters. The topological polar surface area (TPSA) is 60.9 Å². The minimum absolute atomic E-state index is 0.0722. The molecule has 0 amide bonds. The molecular weight excluding hydrogens is 178 g/mol. The van der Waals surface area contributed by atoms with Crippen LogP contribution < -0.4 is 5.73 Å². The number of hydrogen-bond acceptors (Lipinski definition) is 3. The Hall–Kier alpha value is -1.16. The van der Waals surface area contributed by atoms with Crippen molar-refractivity contribution in [3.8, 4) is 0 Å². The second-order valence-electron chi connectivity index (χ2n) is 3.41. The maximum Gasteiger partial charge on any atom is 0.144 e. The van der Waals surface area contributed by atoms with E-state index in [1.807, 2.05) is 24.6 Å². The second kappa shape index (κ2) is 4.91. The highest BCUT2D eigenvalue weighted by Crippen LogP contribution is 2.04. The van der Waals surface area contributed by atoms with Crippen molar-refractivity contribution in [3.63, 3.8) is 0 Å². The number of ketones is 1. The van der Waals surface area contributed by atoms with Crippen LogP contribution in [0.5, 0.6) is 0 Å². The summed E-state index contributed by atoms with van der Waals surface area (Å²) in [5, 5.41) is 0. The third kappa shape index (κ3) is 2.42. The molecule has 0 fully saturated rings. The van der Waals surface area contributed by atoms with Gasteiger partial charge < -0.3 is 10.3 Å². The predicted molar refractivity (Wildman–Crippen MR) is 54.8 cm³/mol. The molecule has 1 aromatic rings. The SMILES string of the molecule is CCn1ccnc1CC(=O)C(C)CN. The van der Waals surface area contributed by atoms with E-state index < -0.39 is 0 Å². The highest BCUT2D eigenvalue weighted by molar-refractivity contribution is 5.82. The third-order valence-corrected chi connectivity index (χ3v) is 2.38. The minimum Gasteiger partial charge on any atom is -0.335 e. The lowest BCUT2D eigenvalue weighted by Crippen LogP contribution is -2.23. The summed E-state index contributed by atoms with van der Waals surface area (Å²) in [5.41, 5.74) is 5.42. The average molecular weight is 195 g/mol. The minimum atomic E-state index is -0.0722. The molecule has 0 radical (unpaired) electrons. The van der Waals surface area contributed by atoms with E-state index in [-0.39, 0.29) is 11.7 Å². The van der Waals surface area contributed by atoms with Crippen molar-refractivity contribution < 1.29 is 4.79 Å². The van der Waals surface area contributed by atoms with Gasteiger partial charge in [0.1, 0.15) is 11.6 Å². The normalized spacial score (nSPS) is 12.8. The van der Waals surface area contributed by atoms with Crippen LogP contribution >= 0.6 is 0 Å². The second-order valence-corrected chi connectivity index (χ2v) is 3.41. The third-order valence-electron chi connectivity index (χ3n) is 2.38. The molecule has 0 aromatic carbocycles. The molecule has 0 spiro atoms. The molecule has 14 heavy (non-hydrogen) atoms. The number of aromatic nitrogens is 2. The maximum atomic E-state index is 11.6. The van der Waals surface area contributed by atoms with Crippen LogP contribution in [0.2, 0.25) is 0 Å². The van der Waals surface area contributed by atoms with Gasteiger partial charge in [0.2, 0.25) is 0 Å². The van der Waals surface area contributed by atoms with E-state index in [9.17, 15) is 4.79 Å². The summed E-state index contributed by atoms with van der Waals surface area (Å²) >= 11 is 0. The number of nitrogens with zero attached hydrogens (tertiary/aromatic N) is 2. The maximum absolute atomic E-state index is 11.6. The molecule has 1 unspecified atom stereocenters. The highest BCUT2D eigenvalue weighted by atomic mass is 16.1. The van der Waals surface area contributed by atoms with Crippen molar-refractivity contribution in [2.45, 2.75) is 26.8 Å². The quantitative estimate of drug-likeness (QED) is 0.748. The van der Waals surface area contributed by atoms with Gasteiger partial charge in [-0.1, -0.05) is 6.92 Å². The molecule has 1 heterocycles. The Balaban J connectivity index is 2.64. The van der Waals surface area contributed by atoms with E-state index in [4.69, 9.17) is 5.73 Å². The van der Waals surface area contributed by atoms with Crippen LogP contribution in [0.25, 0.3) is 0 Å². The first kappa shape index (κ1) is 10.9. The van der Waals surface area contributed by atoms with E-state index in [0.29, 0.717) is 13.0 Å². The molecule has 1 rings (SSSR count). The summed E-state index contributed by atoms with van der Waals surface area (Å²) < 4.78 is 1.97. The monoisotopic (exact) mass is 195 g/mol. The summed E-state index contributed by atoms with van der Waals surface area (Å²) in [5.74, 6) is 0.920. The number of rotatable bonds is 5. The van der Waals surface area contributed by atoms with Crippen molar-refractivity contribution in [1.29, 1.82) is 0 Å². The molecule has 0 aliphatic rings. The summed E-state index contributed by atoms with van der Waals surface area (Å²) in [7, 11) is 0. The van der Waals surface area contributed by atoms with Crippen LogP contribution in [-0.4, -0.2) is 21.9 Å². The number of carbonyl (C=O) groups excluding carboxylic acids is 1. The Bertz CT molecular complexity index is 306. The van der Waals surface area contributed by atoms with E-state index >= 15 is 0 Å². The molecule has 78 valence electrons. The Morgan fingerprint density at radius 3 is 3.00 bits per heavy atom. The number of carbonyl (C=O) groups is 1. The molecule has 4 nitrogen and oxygen atoms in total. The number of hydrogen-bond donors (Lipinski definition) is 1. The van der Waals surface area contributed by atoms with Gasteiger partial charge in [-0.2, -0.15) is 0 Å². The number of nitrogens with two attached hydrogens (primary N) is 1. The number of Topliss-reactive ketones (excluding diaryl/α,β-unsaturated/α-hetero) is 1. The Morgan fingerprint density at radius 1 is 1.71 bits per heavy atom. The summed E-state index contributed by atoms with van der Waals surface area (Å²) in [6.45, 7) is 5.13. The largest absolute Gasteiger partial charge is 0.335 e. The van der Waals surface area contributed by atoms with Gasteiger partial charge in [0.05, 0.1) is 6.42 Å². The van der Waals surface area contributed by atoms with E-state index in [1.54, 1.807) is 6.20 Å². The molecule has 0 saturated heterocycles. The van der Waals surface area contributed by atoms with E-state index in [1.165, 1.54) is 0 Å². The van der Waals surface area contributed by atoms with Crippen LogP contribution in [0.1, 0.15) is 19.7 Å². The first-order valence-electron chi connectivity index (χ1n) is 4.91. The zero-order valence-electron chi connectivity index (χ0n) is 8.73. The molecule has 0 saturated carbocycles. The zero-order valence-corrected chi connectivity index (χ0v) is 8.73. The van der Waals surface area contributed by atoms with Gasteiger partial charge in [-0.25, -0.2) is 4.98 Å². The fourth-order valence-electron chi connectivity index (χ4n) is 1.26. The fourth-order valence-corrected chi connectivity index (χ4v) is 1.26. The van der Waals surface area contributed by atoms with Gasteiger partial charge in [0.15, 0.2) is 0 Å². The fraction of sp³-hybridized carbons (Fsp3) is 0.600. The van der Waals surface area contributed by atoms with E-state index in [0.717, 1.165) is 12.4 Å². The zero-order chi connectivity index (χ0) is 10.6. The molecule has 0 aliphatic carbocycles. The number of aryl methyl sites for hydroxylation is 1. The van der Waals surface area contributed by atoms with Crippen LogP contribution in [0.15, 0.2) is 12.4 Å². The van der Waals surface area contributed by atoms with Gasteiger partial charge in [-0.05, 0) is 6.92 Å². The molecule has 0 aliphatic heterocycles. The van der Waals surface area contributed by atoms with Gasteiger partial charge in [0.25, 0.3) is 0 Å². The lowest BCUT2D eigenvalue weighted by Gasteiger charge is -2.08. The number of imidazole rings is 1. The van der Waals surface area contributed by atoms with Crippen LogP contribution in [0.4, 0.5) is 0 Å². The van der Waals surface area contributed by atoms with Gasteiger partial charge in [-0.15, -0.1) is 0 Å². The Kier molecular flexibility index (Phi) is 3.83. The lowest BCUT2D eigenvalue weighted by molar-refractivity contribution is -0.121.